The second kappa shape index (κ2) is 8.66. The summed E-state index contributed by atoms with van der Waals surface area (Å²) in [7, 11) is 0. The highest BCUT2D eigenvalue weighted by atomic mass is 16.5. The topological polar surface area (TPSA) is 98.1 Å². The summed E-state index contributed by atoms with van der Waals surface area (Å²) in [5, 5.41) is 6.09. The molecule has 0 saturated heterocycles. The molecule has 2 N–H and O–H groups in total. The van der Waals surface area contributed by atoms with E-state index < -0.39 is 5.97 Å². The molecule has 2 aromatic rings. The Kier molecular flexibility index (Phi) is 6.30. The summed E-state index contributed by atoms with van der Waals surface area (Å²) in [5.74, 6) is 0.514. The Morgan fingerprint density at radius 1 is 1.25 bits per heavy atom. The molecule has 2 heterocycles. The highest BCUT2D eigenvalue weighted by Gasteiger charge is 2.11. The zero-order valence-corrected chi connectivity index (χ0v) is 13.8. The van der Waals surface area contributed by atoms with Crippen LogP contribution in [0.25, 0.3) is 0 Å². The van der Waals surface area contributed by atoms with Gasteiger partial charge in [0.1, 0.15) is 12.4 Å². The smallest absolute Gasteiger partial charge is 0.326 e. The lowest BCUT2D eigenvalue weighted by molar-refractivity contribution is -0.143. The van der Waals surface area contributed by atoms with E-state index >= 15 is 0 Å². The van der Waals surface area contributed by atoms with E-state index in [1.165, 1.54) is 4.57 Å². The SMILES string of the molecule is CCOC(=O)Cn1c(C)cnc(NCCNc2ccccn2)c1=O. The van der Waals surface area contributed by atoms with Crippen molar-refractivity contribution >= 4 is 17.6 Å². The number of rotatable bonds is 8. The first-order chi connectivity index (χ1) is 11.6. The van der Waals surface area contributed by atoms with Crippen LogP contribution in [-0.4, -0.2) is 40.2 Å². The highest BCUT2D eigenvalue weighted by Crippen LogP contribution is 2.01. The summed E-state index contributed by atoms with van der Waals surface area (Å²) < 4.78 is 6.23. The van der Waals surface area contributed by atoms with Crippen molar-refractivity contribution in [2.24, 2.45) is 0 Å². The predicted molar refractivity (Wildman–Crippen MR) is 91.1 cm³/mol. The Bertz CT molecular complexity index is 730. The first-order valence-electron chi connectivity index (χ1n) is 7.72. The van der Waals surface area contributed by atoms with Crippen molar-refractivity contribution in [1.82, 2.24) is 14.5 Å². The van der Waals surface area contributed by atoms with Gasteiger partial charge in [-0.2, -0.15) is 0 Å². The van der Waals surface area contributed by atoms with Gasteiger partial charge >= 0.3 is 5.97 Å². The van der Waals surface area contributed by atoms with Gasteiger partial charge in [0.25, 0.3) is 5.56 Å². The molecule has 0 atom stereocenters. The quantitative estimate of drug-likeness (QED) is 0.551. The van der Waals surface area contributed by atoms with E-state index in [9.17, 15) is 9.59 Å². The molecule has 0 aliphatic heterocycles. The molecule has 0 fully saturated rings. The lowest BCUT2D eigenvalue weighted by atomic mass is 10.4. The maximum atomic E-state index is 12.4. The van der Waals surface area contributed by atoms with Crippen LogP contribution in [0.2, 0.25) is 0 Å². The first-order valence-corrected chi connectivity index (χ1v) is 7.72. The number of nitrogens with zero attached hydrogens (tertiary/aromatic N) is 3. The molecule has 0 aromatic carbocycles. The standard InChI is InChI=1S/C16H21N5O3/c1-3-24-14(22)11-21-12(2)10-20-15(16(21)23)19-9-8-18-13-6-4-5-7-17-13/h4-7,10H,3,8-9,11H2,1-2H3,(H,17,18)(H,19,20). The number of anilines is 2. The number of esters is 1. The summed E-state index contributed by atoms with van der Waals surface area (Å²) >= 11 is 0. The van der Waals surface area contributed by atoms with Gasteiger partial charge in [-0.1, -0.05) is 6.07 Å². The molecule has 0 saturated carbocycles. The maximum Gasteiger partial charge on any atom is 0.326 e. The van der Waals surface area contributed by atoms with E-state index in [-0.39, 0.29) is 24.5 Å². The number of carbonyl (C=O) groups excluding carboxylic acids is 1. The van der Waals surface area contributed by atoms with Crippen LogP contribution in [0.1, 0.15) is 12.6 Å². The summed E-state index contributed by atoms with van der Waals surface area (Å²) in [6, 6.07) is 5.58. The second-order valence-corrected chi connectivity index (χ2v) is 5.01. The normalized spacial score (nSPS) is 10.2. The van der Waals surface area contributed by atoms with E-state index in [0.717, 1.165) is 5.82 Å². The Morgan fingerprint density at radius 2 is 2.04 bits per heavy atom. The molecule has 2 aromatic heterocycles. The van der Waals surface area contributed by atoms with E-state index in [4.69, 9.17) is 4.74 Å². The average Bonchev–Trinajstić information content (AvgIpc) is 2.58. The third-order valence-electron chi connectivity index (χ3n) is 3.23. The summed E-state index contributed by atoms with van der Waals surface area (Å²) in [4.78, 5) is 32.2. The number of hydrogen-bond donors (Lipinski definition) is 2. The molecule has 0 radical (unpaired) electrons. The van der Waals surface area contributed by atoms with Gasteiger partial charge in [-0.05, 0) is 26.0 Å². The number of carbonyl (C=O) groups is 1. The van der Waals surface area contributed by atoms with E-state index in [1.807, 2.05) is 18.2 Å². The van der Waals surface area contributed by atoms with Crippen LogP contribution >= 0.6 is 0 Å². The van der Waals surface area contributed by atoms with Gasteiger partial charge in [-0.25, -0.2) is 9.97 Å². The van der Waals surface area contributed by atoms with Gasteiger partial charge in [0, 0.05) is 31.2 Å². The van der Waals surface area contributed by atoms with E-state index in [2.05, 4.69) is 20.6 Å². The number of nitrogens with one attached hydrogen (secondary N) is 2. The predicted octanol–water partition coefficient (Wildman–Crippen LogP) is 1.03. The monoisotopic (exact) mass is 331 g/mol. The Labute approximate surface area is 139 Å². The molecule has 8 nitrogen and oxygen atoms in total. The molecule has 24 heavy (non-hydrogen) atoms. The van der Waals surface area contributed by atoms with Gasteiger partial charge in [0.2, 0.25) is 0 Å². The average molecular weight is 331 g/mol. The van der Waals surface area contributed by atoms with Crippen molar-refractivity contribution in [3.05, 3.63) is 46.6 Å². The largest absolute Gasteiger partial charge is 0.465 e. The highest BCUT2D eigenvalue weighted by molar-refractivity contribution is 5.69. The first kappa shape index (κ1) is 17.5. The van der Waals surface area contributed by atoms with Crippen LogP contribution in [0, 0.1) is 6.92 Å². The van der Waals surface area contributed by atoms with Crippen LogP contribution in [0.15, 0.2) is 35.4 Å². The van der Waals surface area contributed by atoms with Crippen LogP contribution in [-0.2, 0) is 16.1 Å². The fourth-order valence-corrected chi connectivity index (χ4v) is 2.06. The molecule has 2 rings (SSSR count). The van der Waals surface area contributed by atoms with Crippen molar-refractivity contribution in [1.29, 1.82) is 0 Å². The van der Waals surface area contributed by atoms with Crippen molar-refractivity contribution < 1.29 is 9.53 Å². The molecule has 0 amide bonds. The molecule has 0 spiro atoms. The molecule has 0 aliphatic rings. The maximum absolute atomic E-state index is 12.4. The lowest BCUT2D eigenvalue weighted by Gasteiger charge is -2.12. The van der Waals surface area contributed by atoms with Crippen LogP contribution in [0.3, 0.4) is 0 Å². The zero-order valence-electron chi connectivity index (χ0n) is 13.8. The number of ether oxygens (including phenoxy) is 1. The van der Waals surface area contributed by atoms with Gasteiger partial charge < -0.3 is 15.4 Å². The summed E-state index contributed by atoms with van der Waals surface area (Å²) in [6.45, 7) is 4.66. The fraction of sp³-hybridized carbons (Fsp3) is 0.375. The zero-order chi connectivity index (χ0) is 17.4. The van der Waals surface area contributed by atoms with Crippen LogP contribution < -0.4 is 16.2 Å². The number of aromatic nitrogens is 3. The van der Waals surface area contributed by atoms with Gasteiger partial charge in [0.15, 0.2) is 5.82 Å². The van der Waals surface area contributed by atoms with Crippen molar-refractivity contribution in [2.75, 3.05) is 30.3 Å². The van der Waals surface area contributed by atoms with Gasteiger partial charge in [-0.3, -0.25) is 14.2 Å². The Morgan fingerprint density at radius 3 is 2.75 bits per heavy atom. The number of aryl methyl sites for hydroxylation is 1. The molecule has 0 aliphatic carbocycles. The minimum absolute atomic E-state index is 0.123. The van der Waals surface area contributed by atoms with Gasteiger partial charge in [0.05, 0.1) is 6.61 Å². The third-order valence-corrected chi connectivity index (χ3v) is 3.23. The Hall–Kier alpha value is -2.90. The molecule has 0 unspecified atom stereocenters. The van der Waals surface area contributed by atoms with Crippen molar-refractivity contribution in [3.63, 3.8) is 0 Å². The minimum atomic E-state index is -0.448. The molecule has 8 heteroatoms. The lowest BCUT2D eigenvalue weighted by Crippen LogP contribution is -2.31. The fourth-order valence-electron chi connectivity index (χ4n) is 2.06. The van der Waals surface area contributed by atoms with Crippen molar-refractivity contribution in [2.45, 2.75) is 20.4 Å². The number of hydrogen-bond acceptors (Lipinski definition) is 7. The van der Waals surface area contributed by atoms with Gasteiger partial charge in [-0.15, -0.1) is 0 Å². The Balaban J connectivity index is 1.95. The molecular weight excluding hydrogens is 310 g/mol. The molecule has 0 bridgehead atoms. The summed E-state index contributed by atoms with van der Waals surface area (Å²) in [6.07, 6.45) is 3.25. The third kappa shape index (κ3) is 4.80. The van der Waals surface area contributed by atoms with Crippen LogP contribution in [0.4, 0.5) is 11.6 Å². The summed E-state index contributed by atoms with van der Waals surface area (Å²) in [5.41, 5.74) is 0.256. The molecule has 128 valence electrons. The van der Waals surface area contributed by atoms with E-state index in [0.29, 0.717) is 18.8 Å². The molecular formula is C16H21N5O3. The minimum Gasteiger partial charge on any atom is -0.465 e. The van der Waals surface area contributed by atoms with Crippen molar-refractivity contribution in [3.8, 4) is 0 Å². The van der Waals surface area contributed by atoms with E-state index in [1.54, 1.807) is 26.2 Å². The number of pyridine rings is 1. The van der Waals surface area contributed by atoms with Crippen LogP contribution in [0.5, 0.6) is 0 Å². The second-order valence-electron chi connectivity index (χ2n) is 5.01.